The molecule has 2 rings (SSSR count). The largest absolute Gasteiger partial charge is 0.339 e. The molecule has 2 N–H and O–H groups in total. The molecule has 1 aromatic carbocycles. The van der Waals surface area contributed by atoms with Crippen LogP contribution >= 0.6 is 0 Å². The summed E-state index contributed by atoms with van der Waals surface area (Å²) < 4.78 is 0. The molecule has 1 saturated carbocycles. The minimum Gasteiger partial charge on any atom is -0.339 e. The van der Waals surface area contributed by atoms with E-state index in [9.17, 15) is 4.79 Å². The number of carbonyl (C=O) groups is 1. The van der Waals surface area contributed by atoms with Gasteiger partial charge in [-0.1, -0.05) is 49.6 Å². The Kier molecular flexibility index (Phi) is 4.81. The van der Waals surface area contributed by atoms with E-state index in [0.717, 1.165) is 31.2 Å². The zero-order chi connectivity index (χ0) is 14.6. The number of carbonyl (C=O) groups excluding carboxylic acids is 1. The molecule has 0 radical (unpaired) electrons. The van der Waals surface area contributed by atoms with Gasteiger partial charge in [0.05, 0.1) is 6.04 Å². The number of amides is 1. The van der Waals surface area contributed by atoms with Crippen molar-refractivity contribution in [1.82, 2.24) is 4.90 Å². The number of hydrogen-bond donors (Lipinski definition) is 1. The molecular weight excluding hydrogens is 248 g/mol. The first kappa shape index (κ1) is 15.0. The van der Waals surface area contributed by atoms with Crippen LogP contribution in [0.25, 0.3) is 0 Å². The van der Waals surface area contributed by atoms with Crippen LogP contribution in [0.1, 0.15) is 57.1 Å². The monoisotopic (exact) mass is 274 g/mol. The minimum atomic E-state index is -0.278. The molecule has 1 amide bonds. The van der Waals surface area contributed by atoms with E-state index >= 15 is 0 Å². The SMILES string of the molecule is CC(c1ccccc1)N(C)C(=O)CC1(N)CCCCC1. The van der Waals surface area contributed by atoms with Gasteiger partial charge in [0.1, 0.15) is 0 Å². The highest BCUT2D eigenvalue weighted by atomic mass is 16.2. The summed E-state index contributed by atoms with van der Waals surface area (Å²) in [7, 11) is 1.88. The van der Waals surface area contributed by atoms with Crippen LogP contribution in [0, 0.1) is 0 Å². The maximum absolute atomic E-state index is 12.5. The number of hydrogen-bond acceptors (Lipinski definition) is 2. The lowest BCUT2D eigenvalue weighted by atomic mass is 9.80. The Morgan fingerprint density at radius 1 is 1.25 bits per heavy atom. The number of nitrogens with zero attached hydrogens (tertiary/aromatic N) is 1. The molecule has 1 aromatic rings. The van der Waals surface area contributed by atoms with Crippen molar-refractivity contribution < 1.29 is 4.79 Å². The van der Waals surface area contributed by atoms with Crippen LogP contribution in [-0.2, 0) is 4.79 Å². The Morgan fingerprint density at radius 2 is 1.85 bits per heavy atom. The first-order valence-corrected chi connectivity index (χ1v) is 7.61. The lowest BCUT2D eigenvalue weighted by Gasteiger charge is -2.35. The van der Waals surface area contributed by atoms with Crippen molar-refractivity contribution in [3.63, 3.8) is 0 Å². The zero-order valence-electron chi connectivity index (χ0n) is 12.6. The molecule has 0 saturated heterocycles. The van der Waals surface area contributed by atoms with Crippen LogP contribution in [0.4, 0.5) is 0 Å². The molecule has 0 aliphatic heterocycles. The van der Waals surface area contributed by atoms with Gasteiger partial charge < -0.3 is 10.6 Å². The predicted molar refractivity (Wildman–Crippen MR) is 82.2 cm³/mol. The fraction of sp³-hybridized carbons (Fsp3) is 0.588. The van der Waals surface area contributed by atoms with Gasteiger partial charge in [0.15, 0.2) is 0 Å². The molecule has 0 aromatic heterocycles. The third-order valence-electron chi connectivity index (χ3n) is 4.61. The van der Waals surface area contributed by atoms with Gasteiger partial charge in [0.25, 0.3) is 0 Å². The predicted octanol–water partition coefficient (Wildman–Crippen LogP) is 3.26. The standard InChI is InChI=1S/C17H26N2O/c1-14(15-9-5-3-6-10-15)19(2)16(20)13-17(18)11-7-4-8-12-17/h3,5-6,9-10,14H,4,7-8,11-13,18H2,1-2H3. The summed E-state index contributed by atoms with van der Waals surface area (Å²) in [5, 5.41) is 0. The van der Waals surface area contributed by atoms with Crippen molar-refractivity contribution >= 4 is 5.91 Å². The van der Waals surface area contributed by atoms with Gasteiger partial charge in [-0.3, -0.25) is 4.79 Å². The Morgan fingerprint density at radius 3 is 2.45 bits per heavy atom. The van der Waals surface area contributed by atoms with E-state index in [1.807, 2.05) is 30.1 Å². The summed E-state index contributed by atoms with van der Waals surface area (Å²) in [6.07, 6.45) is 5.99. The fourth-order valence-corrected chi connectivity index (χ4v) is 3.03. The van der Waals surface area contributed by atoms with E-state index in [1.54, 1.807) is 0 Å². The van der Waals surface area contributed by atoms with Crippen molar-refractivity contribution in [3.05, 3.63) is 35.9 Å². The van der Waals surface area contributed by atoms with Crippen molar-refractivity contribution in [2.45, 2.75) is 57.0 Å². The Hall–Kier alpha value is -1.35. The third-order valence-corrected chi connectivity index (χ3v) is 4.61. The second-order valence-electron chi connectivity index (χ2n) is 6.19. The minimum absolute atomic E-state index is 0.0934. The van der Waals surface area contributed by atoms with Crippen molar-refractivity contribution in [1.29, 1.82) is 0 Å². The van der Waals surface area contributed by atoms with E-state index in [1.165, 1.54) is 6.42 Å². The van der Waals surface area contributed by atoms with E-state index in [-0.39, 0.29) is 17.5 Å². The first-order valence-electron chi connectivity index (χ1n) is 7.61. The molecule has 20 heavy (non-hydrogen) atoms. The number of nitrogens with two attached hydrogens (primary N) is 1. The van der Waals surface area contributed by atoms with E-state index in [0.29, 0.717) is 6.42 Å². The van der Waals surface area contributed by atoms with Crippen molar-refractivity contribution in [2.24, 2.45) is 5.73 Å². The Bertz CT molecular complexity index is 438. The molecule has 1 fully saturated rings. The van der Waals surface area contributed by atoms with Crippen LogP contribution in [-0.4, -0.2) is 23.4 Å². The summed E-state index contributed by atoms with van der Waals surface area (Å²) >= 11 is 0. The first-order chi connectivity index (χ1) is 9.52. The lowest BCUT2D eigenvalue weighted by Crippen LogP contribution is -2.46. The molecule has 3 nitrogen and oxygen atoms in total. The molecule has 110 valence electrons. The molecule has 3 heteroatoms. The average Bonchev–Trinajstić information content (AvgIpc) is 2.47. The fourth-order valence-electron chi connectivity index (χ4n) is 3.03. The van der Waals surface area contributed by atoms with Gasteiger partial charge in [-0.25, -0.2) is 0 Å². The van der Waals surface area contributed by atoms with E-state index in [4.69, 9.17) is 5.73 Å². The molecule has 1 aliphatic rings. The smallest absolute Gasteiger partial charge is 0.224 e. The van der Waals surface area contributed by atoms with E-state index < -0.39 is 0 Å². The summed E-state index contributed by atoms with van der Waals surface area (Å²) in [5.41, 5.74) is 7.28. The van der Waals surface area contributed by atoms with Crippen LogP contribution < -0.4 is 5.73 Å². The van der Waals surface area contributed by atoms with Gasteiger partial charge in [-0.15, -0.1) is 0 Å². The summed E-state index contributed by atoms with van der Waals surface area (Å²) in [4.78, 5) is 14.3. The molecule has 1 aliphatic carbocycles. The van der Waals surface area contributed by atoms with Gasteiger partial charge in [0.2, 0.25) is 5.91 Å². The molecular formula is C17H26N2O. The third kappa shape index (κ3) is 3.60. The Labute approximate surface area is 122 Å². The van der Waals surface area contributed by atoms with Crippen molar-refractivity contribution in [3.8, 4) is 0 Å². The van der Waals surface area contributed by atoms with Gasteiger partial charge in [0, 0.05) is 19.0 Å². The molecule has 0 heterocycles. The maximum atomic E-state index is 12.5. The number of rotatable bonds is 4. The quantitative estimate of drug-likeness (QED) is 0.916. The van der Waals surface area contributed by atoms with Crippen LogP contribution in [0.2, 0.25) is 0 Å². The summed E-state index contributed by atoms with van der Waals surface area (Å²) in [5.74, 6) is 0.158. The molecule has 0 spiro atoms. The highest BCUT2D eigenvalue weighted by Gasteiger charge is 2.32. The second kappa shape index (κ2) is 6.40. The van der Waals surface area contributed by atoms with E-state index in [2.05, 4.69) is 19.1 Å². The van der Waals surface area contributed by atoms with Crippen LogP contribution in [0.15, 0.2) is 30.3 Å². The summed E-state index contributed by atoms with van der Waals surface area (Å²) in [6, 6.07) is 10.2. The zero-order valence-corrected chi connectivity index (χ0v) is 12.6. The summed E-state index contributed by atoms with van der Waals surface area (Å²) in [6.45, 7) is 2.07. The lowest BCUT2D eigenvalue weighted by molar-refractivity contribution is -0.133. The highest BCUT2D eigenvalue weighted by Crippen LogP contribution is 2.30. The normalized spacial score (nSPS) is 19.4. The molecule has 0 bridgehead atoms. The Balaban J connectivity index is 1.98. The van der Waals surface area contributed by atoms with Gasteiger partial charge >= 0.3 is 0 Å². The van der Waals surface area contributed by atoms with Crippen LogP contribution in [0.5, 0.6) is 0 Å². The molecule has 1 atom stereocenters. The van der Waals surface area contributed by atoms with Gasteiger partial charge in [-0.2, -0.15) is 0 Å². The molecule has 1 unspecified atom stereocenters. The second-order valence-corrected chi connectivity index (χ2v) is 6.19. The topological polar surface area (TPSA) is 46.3 Å². The average molecular weight is 274 g/mol. The van der Waals surface area contributed by atoms with Crippen molar-refractivity contribution in [2.75, 3.05) is 7.05 Å². The van der Waals surface area contributed by atoms with Crippen LogP contribution in [0.3, 0.4) is 0 Å². The van der Waals surface area contributed by atoms with Gasteiger partial charge in [-0.05, 0) is 25.3 Å². The number of benzene rings is 1. The maximum Gasteiger partial charge on any atom is 0.224 e. The highest BCUT2D eigenvalue weighted by molar-refractivity contribution is 5.77.